The maximum absolute atomic E-state index is 6.42. The van der Waals surface area contributed by atoms with Crippen molar-refractivity contribution in [2.24, 2.45) is 5.73 Å². The quantitative estimate of drug-likeness (QED) is 0.922. The van der Waals surface area contributed by atoms with E-state index in [2.05, 4.69) is 0 Å². The summed E-state index contributed by atoms with van der Waals surface area (Å²) in [7, 11) is 1.66. The first-order valence-electron chi connectivity index (χ1n) is 6.19. The zero-order valence-electron chi connectivity index (χ0n) is 11.2. The summed E-state index contributed by atoms with van der Waals surface area (Å²) in [5.74, 6) is 0.856. The molecular weight excluding hydrogens is 258 g/mol. The van der Waals surface area contributed by atoms with Gasteiger partial charge in [-0.2, -0.15) is 0 Å². The summed E-state index contributed by atoms with van der Waals surface area (Å²) < 4.78 is 5.15. The largest absolute Gasteiger partial charge is 0.497 e. The highest BCUT2D eigenvalue weighted by atomic mass is 35.5. The normalized spacial score (nSPS) is 13.9. The SMILES string of the molecule is COc1ccc(CC(C)(N)c2ccc(Cl)cc2)cc1. The fraction of sp³-hybridized carbons (Fsp3) is 0.250. The first-order chi connectivity index (χ1) is 9.01. The van der Waals surface area contributed by atoms with E-state index in [9.17, 15) is 0 Å². The van der Waals surface area contributed by atoms with E-state index in [1.165, 1.54) is 5.56 Å². The van der Waals surface area contributed by atoms with E-state index < -0.39 is 5.54 Å². The molecule has 19 heavy (non-hydrogen) atoms. The van der Waals surface area contributed by atoms with Crippen LogP contribution in [0.1, 0.15) is 18.1 Å². The van der Waals surface area contributed by atoms with E-state index in [4.69, 9.17) is 22.1 Å². The molecule has 0 aromatic heterocycles. The van der Waals surface area contributed by atoms with Crippen molar-refractivity contribution >= 4 is 11.6 Å². The molecule has 2 aromatic rings. The van der Waals surface area contributed by atoms with Crippen LogP contribution in [0, 0.1) is 0 Å². The van der Waals surface area contributed by atoms with Crippen molar-refractivity contribution in [3.05, 3.63) is 64.7 Å². The van der Waals surface area contributed by atoms with E-state index in [0.29, 0.717) is 0 Å². The van der Waals surface area contributed by atoms with E-state index in [1.54, 1.807) is 7.11 Å². The van der Waals surface area contributed by atoms with E-state index in [1.807, 2.05) is 55.5 Å². The van der Waals surface area contributed by atoms with E-state index in [0.717, 1.165) is 22.8 Å². The van der Waals surface area contributed by atoms with Crippen LogP contribution in [0.3, 0.4) is 0 Å². The van der Waals surface area contributed by atoms with Gasteiger partial charge in [0.25, 0.3) is 0 Å². The van der Waals surface area contributed by atoms with Crippen LogP contribution in [0.2, 0.25) is 5.02 Å². The maximum Gasteiger partial charge on any atom is 0.118 e. The lowest BCUT2D eigenvalue weighted by Gasteiger charge is -2.25. The molecule has 2 aromatic carbocycles. The van der Waals surface area contributed by atoms with Crippen molar-refractivity contribution in [2.75, 3.05) is 7.11 Å². The standard InChI is InChI=1S/C16H18ClNO/c1-16(18,13-5-7-14(17)8-6-13)11-12-3-9-15(19-2)10-4-12/h3-10H,11,18H2,1-2H3. The lowest BCUT2D eigenvalue weighted by molar-refractivity contribution is 0.414. The van der Waals surface area contributed by atoms with Gasteiger partial charge in [-0.05, 0) is 48.7 Å². The Morgan fingerprint density at radius 3 is 2.16 bits per heavy atom. The zero-order chi connectivity index (χ0) is 13.9. The molecular formula is C16H18ClNO. The number of benzene rings is 2. The molecule has 0 radical (unpaired) electrons. The van der Waals surface area contributed by atoms with E-state index in [-0.39, 0.29) is 0 Å². The Labute approximate surface area is 119 Å². The van der Waals surface area contributed by atoms with Gasteiger partial charge in [0.15, 0.2) is 0 Å². The van der Waals surface area contributed by atoms with Gasteiger partial charge >= 0.3 is 0 Å². The Morgan fingerprint density at radius 1 is 1.05 bits per heavy atom. The fourth-order valence-corrected chi connectivity index (χ4v) is 2.23. The molecule has 0 saturated carbocycles. The maximum atomic E-state index is 6.42. The van der Waals surface area contributed by atoms with Gasteiger partial charge in [0.1, 0.15) is 5.75 Å². The van der Waals surface area contributed by atoms with Gasteiger partial charge in [-0.1, -0.05) is 35.9 Å². The van der Waals surface area contributed by atoms with Gasteiger partial charge in [0.2, 0.25) is 0 Å². The number of ether oxygens (including phenoxy) is 1. The van der Waals surface area contributed by atoms with Crippen LogP contribution in [0.4, 0.5) is 0 Å². The summed E-state index contributed by atoms with van der Waals surface area (Å²) in [6, 6.07) is 15.7. The molecule has 0 fully saturated rings. The molecule has 0 bridgehead atoms. The van der Waals surface area contributed by atoms with Crippen molar-refractivity contribution in [1.29, 1.82) is 0 Å². The predicted molar refractivity (Wildman–Crippen MR) is 79.7 cm³/mol. The molecule has 0 amide bonds. The number of hydrogen-bond acceptors (Lipinski definition) is 2. The highest BCUT2D eigenvalue weighted by Gasteiger charge is 2.21. The molecule has 0 aliphatic carbocycles. The van der Waals surface area contributed by atoms with Gasteiger partial charge in [-0.15, -0.1) is 0 Å². The Hall–Kier alpha value is -1.51. The van der Waals surface area contributed by atoms with Crippen LogP contribution >= 0.6 is 11.6 Å². The first kappa shape index (κ1) is 13.9. The summed E-state index contributed by atoms with van der Waals surface area (Å²) in [6.45, 7) is 2.03. The average Bonchev–Trinajstić information content (AvgIpc) is 2.40. The van der Waals surface area contributed by atoms with Crippen LogP contribution in [-0.2, 0) is 12.0 Å². The minimum atomic E-state index is -0.417. The average molecular weight is 276 g/mol. The molecule has 0 heterocycles. The molecule has 2 nitrogen and oxygen atoms in total. The highest BCUT2D eigenvalue weighted by molar-refractivity contribution is 6.30. The fourth-order valence-electron chi connectivity index (χ4n) is 2.10. The molecule has 0 aliphatic heterocycles. The highest BCUT2D eigenvalue weighted by Crippen LogP contribution is 2.25. The number of halogens is 1. The van der Waals surface area contributed by atoms with Crippen molar-refractivity contribution in [3.8, 4) is 5.75 Å². The molecule has 2 N–H and O–H groups in total. The third-order valence-electron chi connectivity index (χ3n) is 3.23. The smallest absolute Gasteiger partial charge is 0.118 e. The topological polar surface area (TPSA) is 35.2 Å². The molecule has 2 rings (SSSR count). The molecule has 0 saturated heterocycles. The summed E-state index contributed by atoms with van der Waals surface area (Å²) in [6.07, 6.45) is 0.763. The summed E-state index contributed by atoms with van der Waals surface area (Å²) in [5.41, 5.74) is 8.26. The second-order valence-corrected chi connectivity index (χ2v) is 5.39. The molecule has 100 valence electrons. The summed E-state index contributed by atoms with van der Waals surface area (Å²) >= 11 is 5.90. The Kier molecular flexibility index (Phi) is 4.13. The van der Waals surface area contributed by atoms with Crippen molar-refractivity contribution < 1.29 is 4.74 Å². The first-order valence-corrected chi connectivity index (χ1v) is 6.57. The summed E-state index contributed by atoms with van der Waals surface area (Å²) in [4.78, 5) is 0. The molecule has 1 atom stereocenters. The minimum absolute atomic E-state index is 0.417. The third kappa shape index (κ3) is 3.49. The lowest BCUT2D eigenvalue weighted by atomic mass is 9.87. The molecule has 0 spiro atoms. The lowest BCUT2D eigenvalue weighted by Crippen LogP contribution is -2.35. The Bertz CT molecular complexity index is 532. The molecule has 3 heteroatoms. The number of methoxy groups -OCH3 is 1. The second kappa shape index (κ2) is 5.64. The van der Waals surface area contributed by atoms with Crippen LogP contribution in [0.25, 0.3) is 0 Å². The number of nitrogens with two attached hydrogens (primary N) is 1. The van der Waals surface area contributed by atoms with Gasteiger partial charge in [0.05, 0.1) is 7.11 Å². The third-order valence-corrected chi connectivity index (χ3v) is 3.49. The van der Waals surface area contributed by atoms with Gasteiger partial charge in [-0.25, -0.2) is 0 Å². The summed E-state index contributed by atoms with van der Waals surface area (Å²) in [5, 5.41) is 0.726. The molecule has 0 aliphatic rings. The van der Waals surface area contributed by atoms with E-state index >= 15 is 0 Å². The monoisotopic (exact) mass is 275 g/mol. The Morgan fingerprint density at radius 2 is 1.63 bits per heavy atom. The second-order valence-electron chi connectivity index (χ2n) is 4.95. The van der Waals surface area contributed by atoms with Gasteiger partial charge in [0, 0.05) is 10.6 Å². The Balaban J connectivity index is 2.17. The minimum Gasteiger partial charge on any atom is -0.497 e. The molecule has 1 unspecified atom stereocenters. The number of hydrogen-bond donors (Lipinski definition) is 1. The van der Waals surface area contributed by atoms with Crippen LogP contribution in [0.15, 0.2) is 48.5 Å². The van der Waals surface area contributed by atoms with Crippen molar-refractivity contribution in [3.63, 3.8) is 0 Å². The van der Waals surface area contributed by atoms with Gasteiger partial charge < -0.3 is 10.5 Å². The van der Waals surface area contributed by atoms with Crippen LogP contribution < -0.4 is 10.5 Å². The van der Waals surface area contributed by atoms with Crippen molar-refractivity contribution in [1.82, 2.24) is 0 Å². The number of rotatable bonds is 4. The van der Waals surface area contributed by atoms with Gasteiger partial charge in [-0.3, -0.25) is 0 Å². The van der Waals surface area contributed by atoms with Crippen LogP contribution in [0.5, 0.6) is 5.75 Å². The zero-order valence-corrected chi connectivity index (χ0v) is 11.9. The predicted octanol–water partition coefficient (Wildman–Crippen LogP) is 3.77. The van der Waals surface area contributed by atoms with Crippen molar-refractivity contribution in [2.45, 2.75) is 18.9 Å². The van der Waals surface area contributed by atoms with Crippen LogP contribution in [-0.4, -0.2) is 7.11 Å².